The Morgan fingerprint density at radius 1 is 1.35 bits per heavy atom. The Morgan fingerprint density at radius 3 is 2.82 bits per heavy atom. The fourth-order valence-corrected chi connectivity index (χ4v) is 2.09. The fourth-order valence-electron chi connectivity index (χ4n) is 2.09. The van der Waals surface area contributed by atoms with E-state index in [1.54, 1.807) is 12.4 Å². The zero-order valence-corrected chi connectivity index (χ0v) is 10.5. The molecule has 94 valence electrons. The Balaban J connectivity index is 1.87. The maximum Gasteiger partial charge on any atom is 0.147 e. The number of anilines is 1. The number of hydrogen-bond donors (Lipinski definition) is 1. The van der Waals surface area contributed by atoms with Crippen LogP contribution in [0, 0.1) is 0 Å². The van der Waals surface area contributed by atoms with Crippen molar-refractivity contribution in [3.05, 3.63) is 18.1 Å². The van der Waals surface area contributed by atoms with Crippen LogP contribution in [0.25, 0.3) is 0 Å². The maximum absolute atomic E-state index is 5.56. The molecule has 1 aromatic heterocycles. The van der Waals surface area contributed by atoms with E-state index in [1.807, 2.05) is 0 Å². The Morgan fingerprint density at radius 2 is 2.12 bits per heavy atom. The van der Waals surface area contributed by atoms with Crippen molar-refractivity contribution in [3.8, 4) is 0 Å². The van der Waals surface area contributed by atoms with Crippen molar-refractivity contribution in [2.45, 2.75) is 19.4 Å². The van der Waals surface area contributed by atoms with Crippen molar-refractivity contribution >= 4 is 5.82 Å². The van der Waals surface area contributed by atoms with E-state index in [2.05, 4.69) is 26.8 Å². The monoisotopic (exact) mass is 235 g/mol. The van der Waals surface area contributed by atoms with Crippen LogP contribution in [-0.4, -0.2) is 48.1 Å². The molecule has 1 fully saturated rings. The van der Waals surface area contributed by atoms with E-state index in [-0.39, 0.29) is 0 Å². The lowest BCUT2D eigenvalue weighted by Crippen LogP contribution is -2.32. The Kier molecular flexibility index (Phi) is 4.28. The first-order valence-corrected chi connectivity index (χ1v) is 6.24. The maximum atomic E-state index is 5.56. The molecule has 0 unspecified atom stereocenters. The minimum Gasteiger partial charge on any atom is -0.357 e. The third kappa shape index (κ3) is 3.38. The summed E-state index contributed by atoms with van der Waals surface area (Å²) in [5.41, 5.74) is 6.41. The Hall–Kier alpha value is -1.20. The Bertz CT molecular complexity index is 349. The van der Waals surface area contributed by atoms with Gasteiger partial charge in [0.15, 0.2) is 0 Å². The predicted octanol–water partition coefficient (Wildman–Crippen LogP) is 0.467. The van der Waals surface area contributed by atoms with Crippen LogP contribution < -0.4 is 10.6 Å². The quantitative estimate of drug-likeness (QED) is 0.804. The van der Waals surface area contributed by atoms with Gasteiger partial charge in [-0.2, -0.15) is 0 Å². The number of nitrogens with two attached hydrogens (primary N) is 1. The summed E-state index contributed by atoms with van der Waals surface area (Å²) in [5, 5.41) is 0. The summed E-state index contributed by atoms with van der Waals surface area (Å²) < 4.78 is 0. The third-order valence-electron chi connectivity index (χ3n) is 3.22. The van der Waals surface area contributed by atoms with Gasteiger partial charge in [-0.3, -0.25) is 4.98 Å². The highest BCUT2D eigenvalue weighted by Gasteiger charge is 2.12. The van der Waals surface area contributed by atoms with Gasteiger partial charge in [-0.25, -0.2) is 4.98 Å². The summed E-state index contributed by atoms with van der Waals surface area (Å²) in [4.78, 5) is 13.3. The van der Waals surface area contributed by atoms with Crippen molar-refractivity contribution in [1.82, 2.24) is 14.9 Å². The largest absolute Gasteiger partial charge is 0.357 e. The van der Waals surface area contributed by atoms with Crippen LogP contribution in [0.4, 0.5) is 5.82 Å². The molecule has 2 N–H and O–H groups in total. The molecule has 1 aromatic rings. The van der Waals surface area contributed by atoms with Crippen LogP contribution in [0.1, 0.15) is 18.5 Å². The first-order valence-electron chi connectivity index (χ1n) is 6.24. The summed E-state index contributed by atoms with van der Waals surface area (Å²) in [5.74, 6) is 0.909. The summed E-state index contributed by atoms with van der Waals surface area (Å²) in [6.07, 6.45) is 6.19. The molecule has 0 amide bonds. The zero-order valence-electron chi connectivity index (χ0n) is 10.5. The molecule has 1 aliphatic rings. The van der Waals surface area contributed by atoms with Crippen molar-refractivity contribution in [2.75, 3.05) is 38.1 Å². The van der Waals surface area contributed by atoms with E-state index in [4.69, 9.17) is 5.73 Å². The topological polar surface area (TPSA) is 58.3 Å². The van der Waals surface area contributed by atoms with Crippen LogP contribution in [-0.2, 0) is 6.54 Å². The van der Waals surface area contributed by atoms with E-state index in [0.717, 1.165) is 24.6 Å². The SMILES string of the molecule is CN(CCN1CCCC1)c1cncc(CN)n1. The molecule has 5 nitrogen and oxygen atoms in total. The van der Waals surface area contributed by atoms with Crippen molar-refractivity contribution in [1.29, 1.82) is 0 Å². The van der Waals surface area contributed by atoms with Gasteiger partial charge in [0, 0.05) is 32.9 Å². The van der Waals surface area contributed by atoms with Crippen LogP contribution in [0.2, 0.25) is 0 Å². The summed E-state index contributed by atoms with van der Waals surface area (Å²) in [6.45, 7) is 5.01. The summed E-state index contributed by atoms with van der Waals surface area (Å²) in [6, 6.07) is 0. The van der Waals surface area contributed by atoms with Crippen molar-refractivity contribution in [3.63, 3.8) is 0 Å². The van der Waals surface area contributed by atoms with Gasteiger partial charge in [0.05, 0.1) is 11.9 Å². The second-order valence-electron chi connectivity index (χ2n) is 4.54. The molecule has 0 saturated carbocycles. The molecule has 1 aliphatic heterocycles. The van der Waals surface area contributed by atoms with Crippen LogP contribution >= 0.6 is 0 Å². The van der Waals surface area contributed by atoms with Crippen molar-refractivity contribution < 1.29 is 0 Å². The van der Waals surface area contributed by atoms with Crippen molar-refractivity contribution in [2.24, 2.45) is 5.73 Å². The molecule has 17 heavy (non-hydrogen) atoms. The highest BCUT2D eigenvalue weighted by atomic mass is 15.2. The minimum atomic E-state index is 0.445. The second kappa shape index (κ2) is 5.93. The molecule has 5 heteroatoms. The lowest BCUT2D eigenvalue weighted by molar-refractivity contribution is 0.346. The lowest BCUT2D eigenvalue weighted by Gasteiger charge is -2.22. The molecule has 0 atom stereocenters. The van der Waals surface area contributed by atoms with Gasteiger partial charge in [0.25, 0.3) is 0 Å². The molecule has 1 saturated heterocycles. The van der Waals surface area contributed by atoms with Crippen LogP contribution in [0.3, 0.4) is 0 Å². The molecule has 0 aliphatic carbocycles. The molecule has 0 aromatic carbocycles. The zero-order chi connectivity index (χ0) is 12.1. The normalized spacial score (nSPS) is 16.4. The lowest BCUT2D eigenvalue weighted by atomic mass is 10.4. The van der Waals surface area contributed by atoms with E-state index >= 15 is 0 Å². The van der Waals surface area contributed by atoms with E-state index in [1.165, 1.54) is 25.9 Å². The Labute approximate surface area is 103 Å². The molecule has 0 bridgehead atoms. The smallest absolute Gasteiger partial charge is 0.147 e. The molecular formula is C12H21N5. The van der Waals surface area contributed by atoms with Gasteiger partial charge < -0.3 is 15.5 Å². The standard InChI is InChI=1S/C12H21N5/c1-16(6-7-17-4-2-3-5-17)12-10-14-9-11(8-13)15-12/h9-10H,2-8,13H2,1H3. The van der Waals surface area contributed by atoms with Gasteiger partial charge in [0.2, 0.25) is 0 Å². The van der Waals surface area contributed by atoms with Crippen LogP contribution in [0.15, 0.2) is 12.4 Å². The molecule has 2 heterocycles. The molecule has 0 spiro atoms. The number of likely N-dealkylation sites (tertiary alicyclic amines) is 1. The fraction of sp³-hybridized carbons (Fsp3) is 0.667. The van der Waals surface area contributed by atoms with Gasteiger partial charge >= 0.3 is 0 Å². The van der Waals surface area contributed by atoms with Gasteiger partial charge in [-0.1, -0.05) is 0 Å². The van der Waals surface area contributed by atoms with E-state index in [0.29, 0.717) is 6.54 Å². The van der Waals surface area contributed by atoms with E-state index < -0.39 is 0 Å². The van der Waals surface area contributed by atoms with E-state index in [9.17, 15) is 0 Å². The molecule has 2 rings (SSSR count). The predicted molar refractivity (Wildman–Crippen MR) is 68.9 cm³/mol. The van der Waals surface area contributed by atoms with Gasteiger partial charge in [0.1, 0.15) is 5.82 Å². The number of nitrogens with zero attached hydrogens (tertiary/aromatic N) is 4. The number of hydrogen-bond acceptors (Lipinski definition) is 5. The molecular weight excluding hydrogens is 214 g/mol. The molecule has 0 radical (unpaired) electrons. The number of likely N-dealkylation sites (N-methyl/N-ethyl adjacent to an activating group) is 1. The highest BCUT2D eigenvalue weighted by molar-refractivity contribution is 5.34. The first-order chi connectivity index (χ1) is 8.29. The highest BCUT2D eigenvalue weighted by Crippen LogP contribution is 2.10. The average Bonchev–Trinajstić information content (AvgIpc) is 2.89. The van der Waals surface area contributed by atoms with Gasteiger partial charge in [-0.05, 0) is 25.9 Å². The summed E-state index contributed by atoms with van der Waals surface area (Å²) >= 11 is 0. The van der Waals surface area contributed by atoms with Crippen LogP contribution in [0.5, 0.6) is 0 Å². The number of rotatable bonds is 5. The first kappa shape index (κ1) is 12.3. The minimum absolute atomic E-state index is 0.445. The average molecular weight is 235 g/mol. The number of aromatic nitrogens is 2. The van der Waals surface area contributed by atoms with Gasteiger partial charge in [-0.15, -0.1) is 0 Å². The third-order valence-corrected chi connectivity index (χ3v) is 3.22. The second-order valence-corrected chi connectivity index (χ2v) is 4.54. The summed E-state index contributed by atoms with van der Waals surface area (Å²) in [7, 11) is 2.06.